The van der Waals surface area contributed by atoms with Crippen molar-refractivity contribution in [3.63, 3.8) is 0 Å². The highest BCUT2D eigenvalue weighted by Gasteiger charge is 1.88. The molecule has 0 aliphatic carbocycles. The van der Waals surface area contributed by atoms with Gasteiger partial charge in [-0.25, -0.2) is 0 Å². The molecule has 1 nitrogen and oxygen atoms in total. The number of rotatable bonds is 0. The second kappa shape index (κ2) is 1.48. The zero-order chi connectivity index (χ0) is 3.54. The van der Waals surface area contributed by atoms with Gasteiger partial charge in [0.05, 0.1) is 6.20 Å². The monoisotopic (exact) mass is 88.0 g/mol. The van der Waals surface area contributed by atoms with E-state index in [2.05, 4.69) is 16.9 Å². The lowest BCUT2D eigenvalue weighted by molar-refractivity contribution is -0.563. The van der Waals surface area contributed by atoms with Gasteiger partial charge in [-0.1, -0.05) is 11.8 Å². The molecule has 0 saturated carbocycles. The summed E-state index contributed by atoms with van der Waals surface area (Å²) in [6, 6.07) is 0. The van der Waals surface area contributed by atoms with Gasteiger partial charge in [-0.15, -0.1) is 0 Å². The molecule has 0 bridgehead atoms. The van der Waals surface area contributed by atoms with E-state index in [1.54, 1.807) is 0 Å². The van der Waals surface area contributed by atoms with Gasteiger partial charge >= 0.3 is 0 Å². The minimum Gasteiger partial charge on any atom is -0.311 e. The van der Waals surface area contributed by atoms with Crippen LogP contribution in [0.25, 0.3) is 0 Å². The highest BCUT2D eigenvalue weighted by molar-refractivity contribution is 8.02. The molecule has 2 N–H and O–H groups in total. The first-order valence-corrected chi connectivity index (χ1v) is 2.65. The fourth-order valence-electron chi connectivity index (χ4n) is 0.278. The van der Waals surface area contributed by atoms with E-state index in [1.165, 1.54) is 5.88 Å². The maximum atomic E-state index is 2.14. The molecule has 0 aromatic rings. The molecule has 0 amide bonds. The summed E-state index contributed by atoms with van der Waals surface area (Å²) < 4.78 is 0. The van der Waals surface area contributed by atoms with E-state index in [4.69, 9.17) is 0 Å². The Morgan fingerprint density at radius 3 is 3.00 bits per heavy atom. The van der Waals surface area contributed by atoms with Gasteiger partial charge in [0.25, 0.3) is 0 Å². The standard InChI is InChI=1S/C3H5NS/c1-2-5-3-4-1/h1-2,4H,3H2/p+1. The number of hydrogen-bond acceptors (Lipinski definition) is 1. The maximum absolute atomic E-state index is 2.14. The van der Waals surface area contributed by atoms with Crippen molar-refractivity contribution in [2.45, 2.75) is 0 Å². The Labute approximate surface area is 35.4 Å². The SMILES string of the molecule is C1=CSC[NH2+]1. The van der Waals surface area contributed by atoms with Gasteiger partial charge in [-0.3, -0.25) is 0 Å². The summed E-state index contributed by atoms with van der Waals surface area (Å²) in [5.41, 5.74) is 0. The third-order valence-corrected chi connectivity index (χ3v) is 1.24. The predicted molar refractivity (Wildman–Crippen MR) is 23.5 cm³/mol. The number of hydrogen-bond donors (Lipinski definition) is 1. The van der Waals surface area contributed by atoms with Crippen LogP contribution in [-0.2, 0) is 0 Å². The molecule has 0 radical (unpaired) electrons. The fraction of sp³-hybridized carbons (Fsp3) is 0.333. The molecule has 0 aromatic carbocycles. The quantitative estimate of drug-likeness (QED) is 0.431. The van der Waals surface area contributed by atoms with E-state index in [0.717, 1.165) is 0 Å². The van der Waals surface area contributed by atoms with Crippen LogP contribution in [-0.4, -0.2) is 5.88 Å². The van der Waals surface area contributed by atoms with E-state index in [0.29, 0.717) is 0 Å². The molecule has 0 atom stereocenters. The second-order valence-corrected chi connectivity index (χ2v) is 1.84. The number of thioether (sulfide) groups is 1. The van der Waals surface area contributed by atoms with E-state index in [-0.39, 0.29) is 0 Å². The third-order valence-electron chi connectivity index (χ3n) is 0.503. The first kappa shape index (κ1) is 3.25. The molecular formula is C3H6NS+. The summed E-state index contributed by atoms with van der Waals surface area (Å²) in [5, 5.41) is 4.24. The molecular weight excluding hydrogens is 82.1 g/mol. The van der Waals surface area contributed by atoms with E-state index in [9.17, 15) is 0 Å². The van der Waals surface area contributed by atoms with Crippen LogP contribution in [0.5, 0.6) is 0 Å². The van der Waals surface area contributed by atoms with Crippen LogP contribution < -0.4 is 5.32 Å². The Bertz CT molecular complexity index is 44.9. The minimum atomic E-state index is 1.18. The molecule has 0 fully saturated rings. The van der Waals surface area contributed by atoms with Crippen LogP contribution in [0.15, 0.2) is 11.6 Å². The zero-order valence-corrected chi connectivity index (χ0v) is 3.66. The molecule has 1 heterocycles. The summed E-state index contributed by atoms with van der Waals surface area (Å²) in [4.78, 5) is 0. The summed E-state index contributed by atoms with van der Waals surface area (Å²) >= 11 is 1.84. The highest BCUT2D eigenvalue weighted by Crippen LogP contribution is 1.96. The van der Waals surface area contributed by atoms with Crippen molar-refractivity contribution in [1.29, 1.82) is 0 Å². The van der Waals surface area contributed by atoms with Crippen LogP contribution in [0.3, 0.4) is 0 Å². The molecule has 0 saturated heterocycles. The lowest BCUT2D eigenvalue weighted by Gasteiger charge is -1.70. The minimum absolute atomic E-state index is 1.18. The summed E-state index contributed by atoms with van der Waals surface area (Å²) in [5.74, 6) is 1.18. The number of quaternary nitrogens is 1. The highest BCUT2D eigenvalue weighted by atomic mass is 32.2. The van der Waals surface area contributed by atoms with Crippen molar-refractivity contribution in [3.8, 4) is 0 Å². The molecule has 28 valence electrons. The van der Waals surface area contributed by atoms with Crippen LogP contribution in [0.1, 0.15) is 0 Å². The van der Waals surface area contributed by atoms with Gasteiger partial charge in [-0.05, 0) is 0 Å². The Kier molecular flexibility index (Phi) is 0.960. The third kappa shape index (κ3) is 0.667. The van der Waals surface area contributed by atoms with Gasteiger partial charge in [0.2, 0.25) is 0 Å². The Balaban J connectivity index is 2.32. The fourth-order valence-corrected chi connectivity index (χ4v) is 0.833. The largest absolute Gasteiger partial charge is 0.311 e. The van der Waals surface area contributed by atoms with Gasteiger partial charge < -0.3 is 5.32 Å². The van der Waals surface area contributed by atoms with Crippen LogP contribution in [0.4, 0.5) is 0 Å². The molecule has 0 unspecified atom stereocenters. The molecule has 1 rings (SSSR count). The summed E-state index contributed by atoms with van der Waals surface area (Å²) in [6.45, 7) is 0. The van der Waals surface area contributed by atoms with Crippen LogP contribution in [0, 0.1) is 0 Å². The summed E-state index contributed by atoms with van der Waals surface area (Å²) in [7, 11) is 0. The molecule has 5 heavy (non-hydrogen) atoms. The lowest BCUT2D eigenvalue weighted by Crippen LogP contribution is -2.74. The second-order valence-electron chi connectivity index (χ2n) is 0.898. The van der Waals surface area contributed by atoms with Crippen molar-refractivity contribution in [1.82, 2.24) is 0 Å². The zero-order valence-electron chi connectivity index (χ0n) is 2.85. The molecule has 2 heteroatoms. The number of nitrogens with two attached hydrogens (primary N) is 1. The lowest BCUT2D eigenvalue weighted by atomic mass is 11.0. The Morgan fingerprint density at radius 1 is 1.80 bits per heavy atom. The first-order chi connectivity index (χ1) is 2.50. The van der Waals surface area contributed by atoms with Crippen LogP contribution >= 0.6 is 11.8 Å². The topological polar surface area (TPSA) is 16.6 Å². The van der Waals surface area contributed by atoms with Crippen molar-refractivity contribution in [2.75, 3.05) is 5.88 Å². The van der Waals surface area contributed by atoms with Crippen molar-refractivity contribution < 1.29 is 5.32 Å². The van der Waals surface area contributed by atoms with Gasteiger partial charge in [0.15, 0.2) is 0 Å². The van der Waals surface area contributed by atoms with E-state index < -0.39 is 0 Å². The summed E-state index contributed by atoms with van der Waals surface area (Å²) in [6.07, 6.45) is 2.07. The predicted octanol–water partition coefficient (Wildman–Crippen LogP) is -0.275. The normalized spacial score (nSPS) is 20.8. The van der Waals surface area contributed by atoms with Crippen molar-refractivity contribution in [2.24, 2.45) is 0 Å². The molecule has 0 aromatic heterocycles. The average Bonchev–Trinajstić information content (AvgIpc) is 1.76. The smallest absolute Gasteiger partial charge is 0.131 e. The average molecular weight is 88.2 g/mol. The Morgan fingerprint density at radius 2 is 2.80 bits per heavy atom. The van der Waals surface area contributed by atoms with E-state index >= 15 is 0 Å². The molecule has 1 aliphatic heterocycles. The Hall–Kier alpha value is 0.0500. The van der Waals surface area contributed by atoms with Gasteiger partial charge in [0.1, 0.15) is 5.88 Å². The van der Waals surface area contributed by atoms with Crippen LogP contribution in [0.2, 0.25) is 0 Å². The van der Waals surface area contributed by atoms with Crippen molar-refractivity contribution in [3.05, 3.63) is 11.6 Å². The molecule has 1 aliphatic rings. The van der Waals surface area contributed by atoms with E-state index in [1.807, 2.05) is 11.8 Å². The van der Waals surface area contributed by atoms with Crippen molar-refractivity contribution >= 4 is 11.8 Å². The van der Waals surface area contributed by atoms with Gasteiger partial charge in [0, 0.05) is 5.41 Å². The maximum Gasteiger partial charge on any atom is 0.131 e. The first-order valence-electron chi connectivity index (χ1n) is 1.60. The molecule has 0 spiro atoms. The van der Waals surface area contributed by atoms with Gasteiger partial charge in [-0.2, -0.15) is 0 Å².